The number of alkyl halides is 3. The van der Waals surface area contributed by atoms with Crippen LogP contribution in [0.5, 0.6) is 0 Å². The second kappa shape index (κ2) is 4.79. The Morgan fingerprint density at radius 3 is 2.32 bits per heavy atom. The van der Waals surface area contributed by atoms with Gasteiger partial charge in [-0.25, -0.2) is 4.79 Å². The molecular formula is C13H9F3O3. The van der Waals surface area contributed by atoms with Crippen molar-refractivity contribution in [2.24, 2.45) is 0 Å². The van der Waals surface area contributed by atoms with Crippen LogP contribution in [0.4, 0.5) is 13.2 Å². The second-order valence-electron chi connectivity index (χ2n) is 3.73. The molecule has 0 amide bonds. The summed E-state index contributed by atoms with van der Waals surface area (Å²) in [6.07, 6.45) is -3.11. The zero-order valence-corrected chi connectivity index (χ0v) is 9.82. The minimum Gasteiger partial charge on any atom is -0.463 e. The molecule has 0 saturated carbocycles. The van der Waals surface area contributed by atoms with E-state index in [2.05, 4.69) is 4.74 Å². The van der Waals surface area contributed by atoms with Crippen LogP contribution in [0.15, 0.2) is 41.0 Å². The zero-order chi connectivity index (χ0) is 14.0. The fraction of sp³-hybridized carbons (Fsp3) is 0.154. The number of hydrogen-bond donors (Lipinski definition) is 0. The van der Waals surface area contributed by atoms with E-state index in [9.17, 15) is 18.0 Å². The van der Waals surface area contributed by atoms with Crippen molar-refractivity contribution in [2.75, 3.05) is 7.11 Å². The van der Waals surface area contributed by atoms with Crippen LogP contribution in [-0.2, 0) is 10.9 Å². The fourth-order valence-corrected chi connectivity index (χ4v) is 1.63. The van der Waals surface area contributed by atoms with Crippen LogP contribution in [0.2, 0.25) is 0 Å². The predicted molar refractivity (Wildman–Crippen MR) is 60.5 cm³/mol. The third-order valence-corrected chi connectivity index (χ3v) is 2.56. The van der Waals surface area contributed by atoms with Crippen LogP contribution in [0.1, 0.15) is 16.1 Å². The monoisotopic (exact) mass is 270 g/mol. The first-order chi connectivity index (χ1) is 8.93. The Hall–Kier alpha value is -2.24. The van der Waals surface area contributed by atoms with Crippen molar-refractivity contribution >= 4 is 5.97 Å². The lowest BCUT2D eigenvalue weighted by atomic mass is 10.0. The van der Waals surface area contributed by atoms with Gasteiger partial charge in [-0.15, -0.1) is 0 Å². The summed E-state index contributed by atoms with van der Waals surface area (Å²) in [5.41, 5.74) is 0.0853. The molecule has 0 unspecified atom stereocenters. The molecule has 0 atom stereocenters. The number of carbonyl (C=O) groups excluding carboxylic acids is 1. The number of rotatable bonds is 2. The molecule has 3 nitrogen and oxygen atoms in total. The van der Waals surface area contributed by atoms with Crippen LogP contribution >= 0.6 is 0 Å². The summed E-state index contributed by atoms with van der Waals surface area (Å²) in [5, 5.41) is 0. The summed E-state index contributed by atoms with van der Waals surface area (Å²) in [7, 11) is 1.20. The van der Waals surface area contributed by atoms with Crippen molar-refractivity contribution in [1.82, 2.24) is 0 Å². The SMILES string of the molecule is COC(=O)c1occc1-c1ccc(C(F)(F)F)cc1. The van der Waals surface area contributed by atoms with Gasteiger partial charge in [0.2, 0.25) is 5.76 Å². The Morgan fingerprint density at radius 2 is 1.79 bits per heavy atom. The van der Waals surface area contributed by atoms with Gasteiger partial charge in [-0.3, -0.25) is 0 Å². The van der Waals surface area contributed by atoms with Gasteiger partial charge >= 0.3 is 12.1 Å². The molecule has 2 rings (SSSR count). The Bertz CT molecular complexity index is 582. The first-order valence-corrected chi connectivity index (χ1v) is 5.27. The standard InChI is InChI=1S/C13H9F3O3/c1-18-12(17)11-10(6-7-19-11)8-2-4-9(5-3-8)13(14,15)16/h2-7H,1H3. The molecule has 100 valence electrons. The maximum atomic E-state index is 12.4. The molecule has 2 aromatic rings. The molecule has 0 N–H and O–H groups in total. The highest BCUT2D eigenvalue weighted by molar-refractivity contribution is 5.94. The minimum atomic E-state index is -4.39. The molecule has 6 heteroatoms. The van der Waals surface area contributed by atoms with E-state index in [0.29, 0.717) is 11.1 Å². The number of furan rings is 1. The van der Waals surface area contributed by atoms with E-state index in [1.54, 1.807) is 0 Å². The quantitative estimate of drug-likeness (QED) is 0.780. The van der Waals surface area contributed by atoms with Gasteiger partial charge in [0.15, 0.2) is 0 Å². The molecule has 0 aliphatic carbocycles. The summed E-state index contributed by atoms with van der Waals surface area (Å²) in [6.45, 7) is 0. The van der Waals surface area contributed by atoms with Gasteiger partial charge in [0.25, 0.3) is 0 Å². The number of methoxy groups -OCH3 is 1. The van der Waals surface area contributed by atoms with Gasteiger partial charge in [-0.05, 0) is 23.8 Å². The lowest BCUT2D eigenvalue weighted by Gasteiger charge is -2.07. The van der Waals surface area contributed by atoms with Gasteiger partial charge in [-0.2, -0.15) is 13.2 Å². The first-order valence-electron chi connectivity index (χ1n) is 5.27. The Labute approximate surface area is 106 Å². The molecule has 1 aromatic carbocycles. The van der Waals surface area contributed by atoms with Crippen molar-refractivity contribution in [3.05, 3.63) is 47.9 Å². The largest absolute Gasteiger partial charge is 0.463 e. The number of benzene rings is 1. The van der Waals surface area contributed by atoms with Gasteiger partial charge in [0.05, 0.1) is 18.9 Å². The summed E-state index contributed by atoms with van der Waals surface area (Å²) in [4.78, 5) is 11.4. The number of ether oxygens (including phenoxy) is 1. The summed E-state index contributed by atoms with van der Waals surface area (Å²) >= 11 is 0. The lowest BCUT2D eigenvalue weighted by Crippen LogP contribution is -2.04. The summed E-state index contributed by atoms with van der Waals surface area (Å²) in [5.74, 6) is -0.720. The predicted octanol–water partition coefficient (Wildman–Crippen LogP) is 3.75. The Kier molecular flexibility index (Phi) is 3.33. The second-order valence-corrected chi connectivity index (χ2v) is 3.73. The molecule has 0 spiro atoms. The van der Waals surface area contributed by atoms with E-state index in [4.69, 9.17) is 4.42 Å². The van der Waals surface area contributed by atoms with E-state index >= 15 is 0 Å². The van der Waals surface area contributed by atoms with Crippen LogP contribution in [0.3, 0.4) is 0 Å². The minimum absolute atomic E-state index is 0.0396. The van der Waals surface area contributed by atoms with E-state index in [0.717, 1.165) is 12.1 Å². The topological polar surface area (TPSA) is 39.4 Å². The van der Waals surface area contributed by atoms with E-state index in [1.807, 2.05) is 0 Å². The van der Waals surface area contributed by atoms with Gasteiger partial charge in [0, 0.05) is 5.56 Å². The van der Waals surface area contributed by atoms with Crippen LogP contribution in [0.25, 0.3) is 11.1 Å². The van der Waals surface area contributed by atoms with Gasteiger partial charge < -0.3 is 9.15 Å². The molecule has 0 aliphatic rings. The van der Waals surface area contributed by atoms with Crippen molar-refractivity contribution in [2.45, 2.75) is 6.18 Å². The van der Waals surface area contributed by atoms with Crippen LogP contribution in [0, 0.1) is 0 Å². The highest BCUT2D eigenvalue weighted by atomic mass is 19.4. The smallest absolute Gasteiger partial charge is 0.416 e. The third-order valence-electron chi connectivity index (χ3n) is 2.56. The average molecular weight is 270 g/mol. The highest BCUT2D eigenvalue weighted by Gasteiger charge is 2.30. The molecule has 19 heavy (non-hydrogen) atoms. The molecule has 0 bridgehead atoms. The molecule has 0 aliphatic heterocycles. The summed E-state index contributed by atoms with van der Waals surface area (Å²) in [6, 6.07) is 5.95. The Balaban J connectivity index is 2.38. The number of hydrogen-bond acceptors (Lipinski definition) is 3. The molecule has 1 heterocycles. The zero-order valence-electron chi connectivity index (χ0n) is 9.82. The number of halogens is 3. The van der Waals surface area contributed by atoms with E-state index < -0.39 is 17.7 Å². The fourth-order valence-electron chi connectivity index (χ4n) is 1.63. The van der Waals surface area contributed by atoms with Crippen molar-refractivity contribution in [3.63, 3.8) is 0 Å². The van der Waals surface area contributed by atoms with Crippen molar-refractivity contribution in [1.29, 1.82) is 0 Å². The molecule has 0 fully saturated rings. The lowest BCUT2D eigenvalue weighted by molar-refractivity contribution is -0.137. The third kappa shape index (κ3) is 2.62. The maximum Gasteiger partial charge on any atom is 0.416 e. The van der Waals surface area contributed by atoms with Crippen molar-refractivity contribution < 1.29 is 27.1 Å². The van der Waals surface area contributed by atoms with Crippen LogP contribution < -0.4 is 0 Å². The van der Waals surface area contributed by atoms with E-state index in [1.165, 1.54) is 31.6 Å². The number of carbonyl (C=O) groups is 1. The normalized spacial score (nSPS) is 11.4. The number of esters is 1. The van der Waals surface area contributed by atoms with Gasteiger partial charge in [0.1, 0.15) is 0 Å². The van der Waals surface area contributed by atoms with E-state index in [-0.39, 0.29) is 5.76 Å². The van der Waals surface area contributed by atoms with Crippen molar-refractivity contribution in [3.8, 4) is 11.1 Å². The molecule has 1 aromatic heterocycles. The Morgan fingerprint density at radius 1 is 1.16 bits per heavy atom. The average Bonchev–Trinajstić information content (AvgIpc) is 2.86. The molecule has 0 saturated heterocycles. The molecular weight excluding hydrogens is 261 g/mol. The highest BCUT2D eigenvalue weighted by Crippen LogP contribution is 2.32. The maximum absolute atomic E-state index is 12.4. The first kappa shape index (κ1) is 13.2. The summed E-state index contributed by atoms with van der Waals surface area (Å²) < 4.78 is 46.8. The van der Waals surface area contributed by atoms with Crippen LogP contribution in [-0.4, -0.2) is 13.1 Å². The molecule has 0 radical (unpaired) electrons. The van der Waals surface area contributed by atoms with Gasteiger partial charge in [-0.1, -0.05) is 12.1 Å².